The molecule has 0 heterocycles. The highest BCUT2D eigenvalue weighted by molar-refractivity contribution is 5.94. The van der Waals surface area contributed by atoms with E-state index in [9.17, 15) is 9.90 Å². The minimum absolute atomic E-state index is 0.0869. The molecule has 116 valence electrons. The molecule has 4 nitrogen and oxygen atoms in total. The highest BCUT2D eigenvalue weighted by Crippen LogP contribution is 2.12. The molecule has 0 fully saturated rings. The normalized spacial score (nSPS) is 11.8. The molecular weight excluding hydrogens is 276 g/mol. The average Bonchev–Trinajstić information content (AvgIpc) is 2.55. The third kappa shape index (κ3) is 4.33. The molecular formula is C18H22N2O2. The molecule has 2 N–H and O–H groups in total. The van der Waals surface area contributed by atoms with Crippen molar-refractivity contribution in [3.8, 4) is 0 Å². The van der Waals surface area contributed by atoms with Crippen molar-refractivity contribution in [1.82, 2.24) is 5.32 Å². The van der Waals surface area contributed by atoms with Crippen molar-refractivity contribution in [2.24, 2.45) is 0 Å². The predicted molar refractivity (Wildman–Crippen MR) is 89.3 cm³/mol. The van der Waals surface area contributed by atoms with E-state index >= 15 is 0 Å². The number of aliphatic hydroxyl groups excluding tert-OH is 1. The van der Waals surface area contributed by atoms with Gasteiger partial charge in [-0.3, -0.25) is 4.79 Å². The van der Waals surface area contributed by atoms with E-state index in [2.05, 4.69) is 5.32 Å². The number of hydrogen-bond acceptors (Lipinski definition) is 3. The molecule has 0 saturated carbocycles. The molecule has 1 amide bonds. The first-order valence-corrected chi connectivity index (χ1v) is 7.33. The number of amides is 1. The van der Waals surface area contributed by atoms with Gasteiger partial charge in [-0.05, 0) is 36.2 Å². The summed E-state index contributed by atoms with van der Waals surface area (Å²) in [5, 5.41) is 12.4. The lowest BCUT2D eigenvalue weighted by Crippen LogP contribution is -2.39. The van der Waals surface area contributed by atoms with Crippen LogP contribution in [0.2, 0.25) is 0 Å². The van der Waals surface area contributed by atoms with Crippen molar-refractivity contribution < 1.29 is 9.90 Å². The minimum Gasteiger partial charge on any atom is -0.394 e. The molecule has 0 aliphatic carbocycles. The second-order valence-electron chi connectivity index (χ2n) is 5.48. The van der Waals surface area contributed by atoms with E-state index in [1.54, 1.807) is 12.1 Å². The summed E-state index contributed by atoms with van der Waals surface area (Å²) >= 11 is 0. The molecule has 2 aromatic rings. The van der Waals surface area contributed by atoms with E-state index in [0.29, 0.717) is 12.0 Å². The van der Waals surface area contributed by atoms with Gasteiger partial charge in [0.15, 0.2) is 0 Å². The third-order valence-corrected chi connectivity index (χ3v) is 3.53. The highest BCUT2D eigenvalue weighted by Gasteiger charge is 2.13. The number of hydrogen-bond donors (Lipinski definition) is 2. The number of rotatable bonds is 6. The van der Waals surface area contributed by atoms with Crippen LogP contribution < -0.4 is 10.2 Å². The Labute approximate surface area is 131 Å². The lowest BCUT2D eigenvalue weighted by Gasteiger charge is -2.17. The number of nitrogens with one attached hydrogen (secondary N) is 1. The monoisotopic (exact) mass is 298 g/mol. The van der Waals surface area contributed by atoms with Crippen molar-refractivity contribution in [2.45, 2.75) is 12.5 Å². The van der Waals surface area contributed by atoms with Crippen LogP contribution in [0.4, 0.5) is 5.69 Å². The molecule has 0 aromatic heterocycles. The summed E-state index contributed by atoms with van der Waals surface area (Å²) in [6, 6.07) is 16.9. The van der Waals surface area contributed by atoms with Crippen molar-refractivity contribution in [1.29, 1.82) is 0 Å². The van der Waals surface area contributed by atoms with Gasteiger partial charge in [0.2, 0.25) is 0 Å². The third-order valence-electron chi connectivity index (χ3n) is 3.53. The lowest BCUT2D eigenvalue weighted by molar-refractivity contribution is 0.0916. The molecule has 0 radical (unpaired) electrons. The second-order valence-corrected chi connectivity index (χ2v) is 5.48. The molecule has 0 spiro atoms. The van der Waals surface area contributed by atoms with Crippen LogP contribution in [-0.2, 0) is 6.42 Å². The summed E-state index contributed by atoms with van der Waals surface area (Å²) < 4.78 is 0. The topological polar surface area (TPSA) is 52.6 Å². The summed E-state index contributed by atoms with van der Waals surface area (Å²) in [7, 11) is 3.91. The Morgan fingerprint density at radius 2 is 1.73 bits per heavy atom. The fraction of sp³-hybridized carbons (Fsp3) is 0.278. The van der Waals surface area contributed by atoms with E-state index in [4.69, 9.17) is 0 Å². The van der Waals surface area contributed by atoms with E-state index in [0.717, 1.165) is 11.3 Å². The summed E-state index contributed by atoms with van der Waals surface area (Å²) in [4.78, 5) is 14.2. The molecule has 1 unspecified atom stereocenters. The zero-order valence-electron chi connectivity index (χ0n) is 13.0. The Morgan fingerprint density at radius 3 is 2.27 bits per heavy atom. The SMILES string of the molecule is CN(C)c1ccc(C(=O)NC(CO)Cc2ccccc2)cc1. The molecule has 1 atom stereocenters. The maximum absolute atomic E-state index is 12.2. The molecule has 0 aliphatic heterocycles. The lowest BCUT2D eigenvalue weighted by atomic mass is 10.1. The van der Waals surface area contributed by atoms with Gasteiger partial charge in [0.1, 0.15) is 0 Å². The summed E-state index contributed by atoms with van der Waals surface area (Å²) in [6.07, 6.45) is 0.610. The first-order valence-electron chi connectivity index (χ1n) is 7.33. The molecule has 0 bridgehead atoms. The van der Waals surface area contributed by atoms with E-state index < -0.39 is 0 Å². The Balaban J connectivity index is 1.99. The molecule has 2 rings (SSSR count). The standard InChI is InChI=1S/C18H22N2O2/c1-20(2)17-10-8-15(9-11-17)18(22)19-16(13-21)12-14-6-4-3-5-7-14/h3-11,16,21H,12-13H2,1-2H3,(H,19,22). The number of benzene rings is 2. The summed E-state index contributed by atoms with van der Waals surface area (Å²) in [5.74, 6) is -0.166. The van der Waals surface area contributed by atoms with Crippen LogP contribution in [0.3, 0.4) is 0 Å². The Hall–Kier alpha value is -2.33. The van der Waals surface area contributed by atoms with Gasteiger partial charge in [-0.25, -0.2) is 0 Å². The van der Waals surface area contributed by atoms with Crippen LogP contribution >= 0.6 is 0 Å². The number of aliphatic hydroxyl groups is 1. The summed E-state index contributed by atoms with van der Waals surface area (Å²) in [6.45, 7) is -0.0869. The smallest absolute Gasteiger partial charge is 0.251 e. The van der Waals surface area contributed by atoms with Gasteiger partial charge in [0.25, 0.3) is 5.91 Å². The summed E-state index contributed by atoms with van der Waals surface area (Å²) in [5.41, 5.74) is 2.72. The molecule has 0 aliphatic rings. The van der Waals surface area contributed by atoms with Gasteiger partial charge in [0, 0.05) is 25.3 Å². The fourth-order valence-corrected chi connectivity index (χ4v) is 2.24. The highest BCUT2D eigenvalue weighted by atomic mass is 16.3. The maximum Gasteiger partial charge on any atom is 0.251 e. The fourth-order valence-electron chi connectivity index (χ4n) is 2.24. The minimum atomic E-state index is -0.288. The van der Waals surface area contributed by atoms with E-state index in [-0.39, 0.29) is 18.6 Å². The van der Waals surface area contributed by atoms with Crippen molar-refractivity contribution >= 4 is 11.6 Å². The first kappa shape index (κ1) is 16.0. The van der Waals surface area contributed by atoms with Crippen molar-refractivity contribution in [3.63, 3.8) is 0 Å². The van der Waals surface area contributed by atoms with Crippen molar-refractivity contribution in [3.05, 3.63) is 65.7 Å². The average molecular weight is 298 g/mol. The van der Waals surface area contributed by atoms with Crippen LogP contribution in [0.25, 0.3) is 0 Å². The molecule has 4 heteroatoms. The number of nitrogens with zero attached hydrogens (tertiary/aromatic N) is 1. The zero-order chi connectivity index (χ0) is 15.9. The first-order chi connectivity index (χ1) is 10.6. The number of anilines is 1. The van der Waals surface area contributed by atoms with Crippen LogP contribution in [0, 0.1) is 0 Å². The van der Waals surface area contributed by atoms with Gasteiger partial charge in [-0.2, -0.15) is 0 Å². The zero-order valence-corrected chi connectivity index (χ0v) is 13.0. The van der Waals surface area contributed by atoms with Gasteiger partial charge in [-0.15, -0.1) is 0 Å². The van der Waals surface area contributed by atoms with Gasteiger partial charge >= 0.3 is 0 Å². The second kappa shape index (κ2) is 7.61. The number of carbonyl (C=O) groups excluding carboxylic acids is 1. The van der Waals surface area contributed by atoms with Crippen LogP contribution in [0.5, 0.6) is 0 Å². The Bertz CT molecular complexity index is 594. The molecule has 22 heavy (non-hydrogen) atoms. The Kier molecular flexibility index (Phi) is 5.55. The number of carbonyl (C=O) groups is 1. The van der Waals surface area contributed by atoms with Gasteiger partial charge in [-0.1, -0.05) is 30.3 Å². The van der Waals surface area contributed by atoms with E-state index in [1.807, 2.05) is 61.5 Å². The van der Waals surface area contributed by atoms with Crippen LogP contribution in [-0.4, -0.2) is 37.8 Å². The van der Waals surface area contributed by atoms with Crippen LogP contribution in [0.1, 0.15) is 15.9 Å². The van der Waals surface area contributed by atoms with Gasteiger partial charge < -0.3 is 15.3 Å². The quantitative estimate of drug-likeness (QED) is 0.858. The van der Waals surface area contributed by atoms with Gasteiger partial charge in [0.05, 0.1) is 12.6 Å². The Morgan fingerprint density at radius 1 is 1.09 bits per heavy atom. The predicted octanol–water partition coefficient (Wildman–Crippen LogP) is 2.09. The van der Waals surface area contributed by atoms with E-state index in [1.165, 1.54) is 0 Å². The molecule has 0 saturated heterocycles. The molecule has 2 aromatic carbocycles. The largest absolute Gasteiger partial charge is 0.394 e. The maximum atomic E-state index is 12.2. The van der Waals surface area contributed by atoms with Crippen molar-refractivity contribution in [2.75, 3.05) is 25.6 Å². The van der Waals surface area contributed by atoms with Crippen LogP contribution in [0.15, 0.2) is 54.6 Å².